The van der Waals surface area contributed by atoms with Crippen LogP contribution in [0.1, 0.15) is 21.6 Å². The lowest BCUT2D eigenvalue weighted by atomic mass is 10.1. The second-order valence-corrected chi connectivity index (χ2v) is 4.82. The van der Waals surface area contributed by atoms with Crippen molar-refractivity contribution in [3.63, 3.8) is 0 Å². The highest BCUT2D eigenvalue weighted by Crippen LogP contribution is 2.20. The van der Waals surface area contributed by atoms with Gasteiger partial charge in [-0.2, -0.15) is 0 Å². The standard InChI is InChI=1S/C18H13NO3/c20-14-5-3-4-12(10-14)8-9-13-11-16(18(21)22)15-6-1-2-7-17(15)19-13/h1-11,20H,(H,21,22)/p-1/b9-8+. The van der Waals surface area contributed by atoms with Crippen LogP contribution < -0.4 is 5.11 Å². The summed E-state index contributed by atoms with van der Waals surface area (Å²) in [6, 6.07) is 15.1. The Kier molecular flexibility index (Phi) is 3.58. The molecular formula is C18H12NO3-. The van der Waals surface area contributed by atoms with Gasteiger partial charge in [0.25, 0.3) is 0 Å². The fraction of sp³-hybridized carbons (Fsp3) is 0. The van der Waals surface area contributed by atoms with E-state index in [0.717, 1.165) is 5.56 Å². The van der Waals surface area contributed by atoms with E-state index in [9.17, 15) is 15.0 Å². The lowest BCUT2D eigenvalue weighted by Crippen LogP contribution is -2.00. The number of pyridine rings is 1. The number of hydrogen-bond acceptors (Lipinski definition) is 3. The molecule has 0 spiro atoms. The molecule has 2 aromatic carbocycles. The first-order chi connectivity index (χ1) is 10.6. The van der Waals surface area contributed by atoms with E-state index in [1.807, 2.05) is 6.07 Å². The smallest absolute Gasteiger partial charge is 0.336 e. The number of fused-ring (bicyclic) bond motifs is 1. The zero-order valence-electron chi connectivity index (χ0n) is 11.6. The molecule has 0 aliphatic carbocycles. The summed E-state index contributed by atoms with van der Waals surface area (Å²) in [5, 5.41) is 21.2. The summed E-state index contributed by atoms with van der Waals surface area (Å²) in [6.07, 6.45) is 3.44. The van der Waals surface area contributed by atoms with E-state index in [-0.39, 0.29) is 11.3 Å². The summed E-state index contributed by atoms with van der Waals surface area (Å²) in [6.45, 7) is 0. The fourth-order valence-electron chi connectivity index (χ4n) is 2.26. The summed E-state index contributed by atoms with van der Waals surface area (Å²) in [4.78, 5) is 15.8. The molecule has 22 heavy (non-hydrogen) atoms. The number of rotatable bonds is 3. The molecule has 0 saturated heterocycles. The average molecular weight is 290 g/mol. The Labute approximate surface area is 127 Å². The van der Waals surface area contributed by atoms with Gasteiger partial charge in [-0.05, 0) is 23.8 Å². The van der Waals surface area contributed by atoms with Gasteiger partial charge in [0.2, 0.25) is 0 Å². The van der Waals surface area contributed by atoms with Gasteiger partial charge in [-0.1, -0.05) is 48.5 Å². The van der Waals surface area contributed by atoms with Crippen LogP contribution in [0.2, 0.25) is 0 Å². The maximum absolute atomic E-state index is 11.4. The van der Waals surface area contributed by atoms with Crippen molar-refractivity contribution in [3.8, 4) is 5.75 Å². The molecule has 4 nitrogen and oxygen atoms in total. The van der Waals surface area contributed by atoms with Crippen molar-refractivity contribution in [2.45, 2.75) is 0 Å². The SMILES string of the molecule is O=C(O)c1cc(/C=C/c2cccc([O-])c2)nc2ccccc12. The molecule has 0 saturated carbocycles. The monoisotopic (exact) mass is 290 g/mol. The molecule has 1 aromatic heterocycles. The molecule has 0 amide bonds. The second-order valence-electron chi connectivity index (χ2n) is 4.82. The van der Waals surface area contributed by atoms with Gasteiger partial charge in [-0.15, -0.1) is 5.75 Å². The van der Waals surface area contributed by atoms with Gasteiger partial charge in [0.05, 0.1) is 16.8 Å². The van der Waals surface area contributed by atoms with Crippen molar-refractivity contribution >= 4 is 29.0 Å². The predicted octanol–water partition coefficient (Wildman–Crippen LogP) is 3.18. The molecule has 0 aliphatic heterocycles. The van der Waals surface area contributed by atoms with E-state index in [2.05, 4.69) is 4.98 Å². The number of carbonyl (C=O) groups is 1. The van der Waals surface area contributed by atoms with E-state index < -0.39 is 5.97 Å². The number of carboxylic acids is 1. The first kappa shape index (κ1) is 13.8. The van der Waals surface area contributed by atoms with Gasteiger partial charge in [-0.25, -0.2) is 9.78 Å². The molecule has 0 atom stereocenters. The van der Waals surface area contributed by atoms with Gasteiger partial charge in [-0.3, -0.25) is 0 Å². The number of nitrogens with zero attached hydrogens (tertiary/aromatic N) is 1. The summed E-state index contributed by atoms with van der Waals surface area (Å²) in [7, 11) is 0. The van der Waals surface area contributed by atoms with Crippen molar-refractivity contribution in [1.82, 2.24) is 4.98 Å². The summed E-state index contributed by atoms with van der Waals surface area (Å²) in [5.41, 5.74) is 2.12. The van der Waals surface area contributed by atoms with Crippen LogP contribution in [0, 0.1) is 0 Å². The Morgan fingerprint density at radius 3 is 2.64 bits per heavy atom. The Bertz CT molecular complexity index is 884. The Balaban J connectivity index is 2.06. The normalized spacial score (nSPS) is 11.1. The quantitative estimate of drug-likeness (QED) is 0.804. The minimum absolute atomic E-state index is 0.0696. The van der Waals surface area contributed by atoms with Gasteiger partial charge in [0.1, 0.15) is 0 Å². The number of hydrogen-bond donors (Lipinski definition) is 1. The molecule has 0 radical (unpaired) electrons. The minimum atomic E-state index is -0.991. The maximum Gasteiger partial charge on any atom is 0.336 e. The number of benzene rings is 2. The Morgan fingerprint density at radius 2 is 1.86 bits per heavy atom. The number of carboxylic acid groups (broad SMARTS) is 1. The molecule has 1 N–H and O–H groups in total. The largest absolute Gasteiger partial charge is 0.872 e. The van der Waals surface area contributed by atoms with Crippen LogP contribution in [0.5, 0.6) is 5.75 Å². The summed E-state index contributed by atoms with van der Waals surface area (Å²) in [5.74, 6) is -1.06. The van der Waals surface area contributed by atoms with Crippen molar-refractivity contribution < 1.29 is 15.0 Å². The predicted molar refractivity (Wildman–Crippen MR) is 83.5 cm³/mol. The molecule has 1 heterocycles. The number of para-hydroxylation sites is 1. The maximum atomic E-state index is 11.4. The van der Waals surface area contributed by atoms with Crippen LogP contribution in [0.4, 0.5) is 0 Å². The highest BCUT2D eigenvalue weighted by atomic mass is 16.4. The Morgan fingerprint density at radius 1 is 1.05 bits per heavy atom. The van der Waals surface area contributed by atoms with Crippen molar-refractivity contribution in [3.05, 3.63) is 71.4 Å². The van der Waals surface area contributed by atoms with Gasteiger partial charge in [0.15, 0.2) is 0 Å². The fourth-order valence-corrected chi connectivity index (χ4v) is 2.26. The molecular weight excluding hydrogens is 278 g/mol. The molecule has 3 rings (SSSR count). The average Bonchev–Trinajstić information content (AvgIpc) is 2.52. The van der Waals surface area contributed by atoms with E-state index >= 15 is 0 Å². The van der Waals surface area contributed by atoms with Crippen LogP contribution >= 0.6 is 0 Å². The highest BCUT2D eigenvalue weighted by molar-refractivity contribution is 6.03. The topological polar surface area (TPSA) is 73.2 Å². The third-order valence-electron chi connectivity index (χ3n) is 3.27. The number of aromatic nitrogens is 1. The van der Waals surface area contributed by atoms with E-state index in [1.165, 1.54) is 18.2 Å². The van der Waals surface area contributed by atoms with Crippen molar-refractivity contribution in [2.75, 3.05) is 0 Å². The van der Waals surface area contributed by atoms with Crippen LogP contribution in [0.3, 0.4) is 0 Å². The molecule has 108 valence electrons. The molecule has 0 fully saturated rings. The van der Waals surface area contributed by atoms with Crippen LogP contribution in [-0.2, 0) is 0 Å². The molecule has 3 aromatic rings. The molecule has 0 bridgehead atoms. The molecule has 4 heteroatoms. The van der Waals surface area contributed by atoms with Crippen LogP contribution in [0.15, 0.2) is 54.6 Å². The van der Waals surface area contributed by atoms with Crippen LogP contribution in [0.25, 0.3) is 23.1 Å². The zero-order valence-corrected chi connectivity index (χ0v) is 11.6. The lowest BCUT2D eigenvalue weighted by Gasteiger charge is -2.05. The summed E-state index contributed by atoms with van der Waals surface area (Å²) >= 11 is 0. The first-order valence-electron chi connectivity index (χ1n) is 6.72. The van der Waals surface area contributed by atoms with Gasteiger partial charge in [0, 0.05) is 5.39 Å². The van der Waals surface area contributed by atoms with Crippen molar-refractivity contribution in [1.29, 1.82) is 0 Å². The zero-order chi connectivity index (χ0) is 15.5. The Hall–Kier alpha value is -3.14. The van der Waals surface area contributed by atoms with E-state index in [0.29, 0.717) is 16.6 Å². The van der Waals surface area contributed by atoms with E-state index in [4.69, 9.17) is 0 Å². The van der Waals surface area contributed by atoms with Gasteiger partial charge >= 0.3 is 5.97 Å². The van der Waals surface area contributed by atoms with Crippen LogP contribution in [-0.4, -0.2) is 16.1 Å². The lowest BCUT2D eigenvalue weighted by molar-refractivity contribution is -0.268. The highest BCUT2D eigenvalue weighted by Gasteiger charge is 2.10. The molecule has 0 unspecified atom stereocenters. The third kappa shape index (κ3) is 2.81. The second kappa shape index (κ2) is 5.69. The van der Waals surface area contributed by atoms with Gasteiger partial charge < -0.3 is 10.2 Å². The minimum Gasteiger partial charge on any atom is -0.872 e. The summed E-state index contributed by atoms with van der Waals surface area (Å²) < 4.78 is 0. The van der Waals surface area contributed by atoms with Crippen molar-refractivity contribution in [2.24, 2.45) is 0 Å². The first-order valence-corrected chi connectivity index (χ1v) is 6.72. The molecule has 0 aliphatic rings. The third-order valence-corrected chi connectivity index (χ3v) is 3.27. The van der Waals surface area contributed by atoms with E-state index in [1.54, 1.807) is 42.5 Å². The number of aromatic carboxylic acids is 1.